The predicted molar refractivity (Wildman–Crippen MR) is 66.0 cm³/mol. The summed E-state index contributed by atoms with van der Waals surface area (Å²) in [5, 5.41) is 14.4. The van der Waals surface area contributed by atoms with Crippen molar-refractivity contribution in [1.29, 1.82) is 0 Å². The smallest absolute Gasteiger partial charge is 0.168 e. The summed E-state index contributed by atoms with van der Waals surface area (Å²) < 4.78 is 0. The summed E-state index contributed by atoms with van der Waals surface area (Å²) in [7, 11) is 0. The quantitative estimate of drug-likeness (QED) is 0.507. The molecule has 0 aliphatic heterocycles. The lowest BCUT2D eigenvalue weighted by Gasteiger charge is -2.08. The second kappa shape index (κ2) is 3.74. The maximum Gasteiger partial charge on any atom is 0.168 e. The number of nitrogens with two attached hydrogens (primary N) is 1. The molecule has 0 radical (unpaired) electrons. The van der Waals surface area contributed by atoms with Gasteiger partial charge in [0.25, 0.3) is 0 Å². The van der Waals surface area contributed by atoms with Crippen molar-refractivity contribution in [3.05, 3.63) is 36.4 Å². The van der Waals surface area contributed by atoms with Gasteiger partial charge < -0.3 is 16.2 Å². The molecule has 3 nitrogen and oxygen atoms in total. The second-order valence-electron chi connectivity index (χ2n) is 3.17. The van der Waals surface area contributed by atoms with E-state index in [1.807, 2.05) is 24.3 Å². The average molecular weight is 218 g/mol. The molecule has 0 aliphatic rings. The number of thiocarbonyl (C=S) groups is 1. The van der Waals surface area contributed by atoms with E-state index < -0.39 is 0 Å². The van der Waals surface area contributed by atoms with Crippen LogP contribution in [-0.2, 0) is 0 Å². The highest BCUT2D eigenvalue weighted by atomic mass is 32.1. The number of benzene rings is 2. The molecule has 0 saturated carbocycles. The van der Waals surface area contributed by atoms with Gasteiger partial charge in [0.05, 0.1) is 0 Å². The standard InChI is InChI=1S/C11H10N2OS/c12-11(15)13-9-5-6-10(14)8-4-2-1-3-7(8)9/h1-6,14H,(H3,12,13,15). The minimum atomic E-state index is 0.214. The summed E-state index contributed by atoms with van der Waals surface area (Å²) in [5.74, 6) is 0.249. The number of anilines is 1. The molecule has 15 heavy (non-hydrogen) atoms. The van der Waals surface area contributed by atoms with Gasteiger partial charge in [0.15, 0.2) is 5.11 Å². The molecule has 0 amide bonds. The predicted octanol–water partition coefficient (Wildman–Crippen LogP) is 2.20. The lowest BCUT2D eigenvalue weighted by atomic mass is 10.1. The Morgan fingerprint density at radius 3 is 2.47 bits per heavy atom. The SMILES string of the molecule is NC(=S)Nc1ccc(O)c2ccccc12. The van der Waals surface area contributed by atoms with Crippen LogP contribution in [0.5, 0.6) is 5.75 Å². The van der Waals surface area contributed by atoms with Crippen LogP contribution in [-0.4, -0.2) is 10.2 Å². The van der Waals surface area contributed by atoms with Crippen molar-refractivity contribution in [1.82, 2.24) is 0 Å². The minimum Gasteiger partial charge on any atom is -0.507 e. The Labute approximate surface area is 92.5 Å². The van der Waals surface area contributed by atoms with E-state index in [1.54, 1.807) is 12.1 Å². The molecule has 0 fully saturated rings. The van der Waals surface area contributed by atoms with Crippen molar-refractivity contribution in [3.63, 3.8) is 0 Å². The van der Waals surface area contributed by atoms with Crippen molar-refractivity contribution >= 4 is 33.8 Å². The van der Waals surface area contributed by atoms with Crippen LogP contribution in [0.4, 0.5) is 5.69 Å². The molecular weight excluding hydrogens is 208 g/mol. The number of phenolic OH excluding ortho intramolecular Hbond substituents is 1. The van der Waals surface area contributed by atoms with Crippen LogP contribution in [0, 0.1) is 0 Å². The highest BCUT2D eigenvalue weighted by molar-refractivity contribution is 7.80. The van der Waals surface area contributed by atoms with E-state index in [4.69, 9.17) is 18.0 Å². The molecule has 4 N–H and O–H groups in total. The first-order chi connectivity index (χ1) is 7.18. The van der Waals surface area contributed by atoms with Gasteiger partial charge in [-0.3, -0.25) is 0 Å². The maximum absolute atomic E-state index is 9.64. The summed E-state index contributed by atoms with van der Waals surface area (Å²) >= 11 is 4.78. The molecule has 2 aromatic rings. The van der Waals surface area contributed by atoms with E-state index in [-0.39, 0.29) is 10.9 Å². The van der Waals surface area contributed by atoms with Gasteiger partial charge in [-0.05, 0) is 24.4 Å². The summed E-state index contributed by atoms with van der Waals surface area (Å²) in [4.78, 5) is 0. The Bertz CT molecular complexity index is 525. The fourth-order valence-corrected chi connectivity index (χ4v) is 1.63. The average Bonchev–Trinajstić information content (AvgIpc) is 2.22. The Morgan fingerprint density at radius 2 is 1.80 bits per heavy atom. The van der Waals surface area contributed by atoms with Gasteiger partial charge >= 0.3 is 0 Å². The van der Waals surface area contributed by atoms with E-state index in [9.17, 15) is 5.11 Å². The van der Waals surface area contributed by atoms with Crippen LogP contribution < -0.4 is 11.1 Å². The van der Waals surface area contributed by atoms with Crippen molar-refractivity contribution in [2.24, 2.45) is 5.73 Å². The third kappa shape index (κ3) is 1.85. The Balaban J connectivity index is 2.66. The first-order valence-corrected chi connectivity index (χ1v) is 4.86. The van der Waals surface area contributed by atoms with Gasteiger partial charge in [-0.1, -0.05) is 24.3 Å². The zero-order valence-electron chi connectivity index (χ0n) is 7.90. The molecule has 4 heteroatoms. The molecule has 0 bridgehead atoms. The summed E-state index contributed by atoms with van der Waals surface area (Å²) in [6, 6.07) is 10.9. The number of hydrogen-bond donors (Lipinski definition) is 3. The summed E-state index contributed by atoms with van der Waals surface area (Å²) in [6.07, 6.45) is 0. The second-order valence-corrected chi connectivity index (χ2v) is 3.61. The first-order valence-electron chi connectivity index (χ1n) is 4.45. The zero-order valence-corrected chi connectivity index (χ0v) is 8.71. The topological polar surface area (TPSA) is 58.3 Å². The van der Waals surface area contributed by atoms with Gasteiger partial charge in [0, 0.05) is 16.5 Å². The Kier molecular flexibility index (Phi) is 2.43. The van der Waals surface area contributed by atoms with Gasteiger partial charge in [-0.25, -0.2) is 0 Å². The van der Waals surface area contributed by atoms with Gasteiger partial charge in [0.2, 0.25) is 0 Å². The lowest BCUT2D eigenvalue weighted by Crippen LogP contribution is -2.18. The van der Waals surface area contributed by atoms with Crippen molar-refractivity contribution in [3.8, 4) is 5.75 Å². The molecule has 0 saturated heterocycles. The van der Waals surface area contributed by atoms with Gasteiger partial charge in [0.1, 0.15) is 5.75 Å². The molecule has 0 aromatic heterocycles. The molecule has 0 spiro atoms. The lowest BCUT2D eigenvalue weighted by molar-refractivity contribution is 0.481. The summed E-state index contributed by atoms with van der Waals surface area (Å²) in [5.41, 5.74) is 6.21. The van der Waals surface area contributed by atoms with E-state index in [1.165, 1.54) is 0 Å². The van der Waals surface area contributed by atoms with E-state index in [0.717, 1.165) is 16.5 Å². The normalized spacial score (nSPS) is 10.1. The number of nitrogens with one attached hydrogen (secondary N) is 1. The first kappa shape index (κ1) is 9.73. The number of fused-ring (bicyclic) bond motifs is 1. The van der Waals surface area contributed by atoms with Gasteiger partial charge in [-0.15, -0.1) is 0 Å². The molecular formula is C11H10N2OS. The van der Waals surface area contributed by atoms with Crippen molar-refractivity contribution in [2.75, 3.05) is 5.32 Å². The highest BCUT2D eigenvalue weighted by Gasteiger charge is 2.04. The highest BCUT2D eigenvalue weighted by Crippen LogP contribution is 2.30. The van der Waals surface area contributed by atoms with Crippen LogP contribution in [0.2, 0.25) is 0 Å². The molecule has 0 heterocycles. The Hall–Kier alpha value is -1.81. The molecule has 76 valence electrons. The minimum absolute atomic E-state index is 0.214. The van der Waals surface area contributed by atoms with Crippen LogP contribution in [0.25, 0.3) is 10.8 Å². The number of hydrogen-bond acceptors (Lipinski definition) is 2. The third-order valence-electron chi connectivity index (χ3n) is 2.16. The number of phenols is 1. The largest absolute Gasteiger partial charge is 0.507 e. The molecule has 0 atom stereocenters. The Morgan fingerprint density at radius 1 is 1.13 bits per heavy atom. The van der Waals surface area contributed by atoms with E-state index in [0.29, 0.717) is 0 Å². The van der Waals surface area contributed by atoms with Crippen LogP contribution in [0.15, 0.2) is 36.4 Å². The van der Waals surface area contributed by atoms with E-state index in [2.05, 4.69) is 5.32 Å². The van der Waals surface area contributed by atoms with Crippen LogP contribution in [0.3, 0.4) is 0 Å². The number of aromatic hydroxyl groups is 1. The monoisotopic (exact) mass is 218 g/mol. The van der Waals surface area contributed by atoms with Crippen molar-refractivity contribution in [2.45, 2.75) is 0 Å². The molecule has 0 unspecified atom stereocenters. The number of rotatable bonds is 1. The van der Waals surface area contributed by atoms with Crippen LogP contribution in [0.1, 0.15) is 0 Å². The van der Waals surface area contributed by atoms with Crippen LogP contribution >= 0.6 is 12.2 Å². The third-order valence-corrected chi connectivity index (χ3v) is 2.26. The van der Waals surface area contributed by atoms with Crippen molar-refractivity contribution < 1.29 is 5.11 Å². The fraction of sp³-hybridized carbons (Fsp3) is 0. The molecule has 0 aliphatic carbocycles. The van der Waals surface area contributed by atoms with E-state index >= 15 is 0 Å². The molecule has 2 aromatic carbocycles. The zero-order chi connectivity index (χ0) is 10.8. The van der Waals surface area contributed by atoms with Gasteiger partial charge in [-0.2, -0.15) is 0 Å². The molecule has 2 rings (SSSR count). The maximum atomic E-state index is 9.64. The summed E-state index contributed by atoms with van der Waals surface area (Å²) in [6.45, 7) is 0. The fourth-order valence-electron chi connectivity index (χ4n) is 1.52.